The van der Waals surface area contributed by atoms with Gasteiger partial charge in [-0.2, -0.15) is 0 Å². The van der Waals surface area contributed by atoms with Crippen LogP contribution >= 0.6 is 0 Å². The van der Waals surface area contributed by atoms with Crippen LogP contribution in [0.3, 0.4) is 0 Å². The van der Waals surface area contributed by atoms with Crippen LogP contribution in [-0.4, -0.2) is 62.0 Å². The minimum Gasteiger partial charge on any atom is -0.496 e. The van der Waals surface area contributed by atoms with E-state index >= 15 is 0 Å². The molecule has 0 saturated carbocycles. The van der Waals surface area contributed by atoms with E-state index in [9.17, 15) is 9.59 Å². The number of hydrogen-bond donors (Lipinski definition) is 0. The minimum absolute atomic E-state index is 0.00429. The molecule has 3 rings (SSSR count). The van der Waals surface area contributed by atoms with Gasteiger partial charge in [0.05, 0.1) is 14.2 Å². The number of ether oxygens (including phenoxy) is 2. The average Bonchev–Trinajstić information content (AvgIpc) is 3.03. The molecule has 2 aromatic carbocycles. The standard InChI is InChI=1S/C25H32N2O4/c1-25(2,3)19-12-10-18(11-13-19)23(28)26-14-7-15-27(17-16-26)24(29)22-20(30-4)8-6-9-21(22)31-5/h6,8-13H,7,14-17H2,1-5H3. The van der Waals surface area contributed by atoms with E-state index in [2.05, 4.69) is 20.8 Å². The molecule has 2 aromatic rings. The highest BCUT2D eigenvalue weighted by Gasteiger charge is 2.27. The lowest BCUT2D eigenvalue weighted by Crippen LogP contribution is -2.37. The lowest BCUT2D eigenvalue weighted by molar-refractivity contribution is 0.0715. The molecule has 0 spiro atoms. The van der Waals surface area contributed by atoms with E-state index in [1.165, 1.54) is 5.56 Å². The van der Waals surface area contributed by atoms with Crippen LogP contribution in [0.1, 0.15) is 53.5 Å². The van der Waals surface area contributed by atoms with Crippen LogP contribution in [-0.2, 0) is 5.41 Å². The van der Waals surface area contributed by atoms with Crippen LogP contribution in [0.25, 0.3) is 0 Å². The number of methoxy groups -OCH3 is 2. The normalized spacial score (nSPS) is 14.7. The van der Waals surface area contributed by atoms with Crippen LogP contribution in [0.2, 0.25) is 0 Å². The van der Waals surface area contributed by atoms with E-state index in [1.54, 1.807) is 37.3 Å². The van der Waals surface area contributed by atoms with Crippen LogP contribution in [0.15, 0.2) is 42.5 Å². The monoisotopic (exact) mass is 424 g/mol. The summed E-state index contributed by atoms with van der Waals surface area (Å²) >= 11 is 0. The van der Waals surface area contributed by atoms with E-state index in [0.717, 1.165) is 6.42 Å². The summed E-state index contributed by atoms with van der Waals surface area (Å²) in [6.45, 7) is 8.61. The number of hydrogen-bond acceptors (Lipinski definition) is 4. The summed E-state index contributed by atoms with van der Waals surface area (Å²) in [5, 5.41) is 0. The summed E-state index contributed by atoms with van der Waals surface area (Å²) in [5.41, 5.74) is 2.34. The van der Waals surface area contributed by atoms with Crippen molar-refractivity contribution in [2.75, 3.05) is 40.4 Å². The number of carbonyl (C=O) groups is 2. The quantitative estimate of drug-likeness (QED) is 0.745. The Labute approximate surface area is 184 Å². The summed E-state index contributed by atoms with van der Waals surface area (Å²) < 4.78 is 10.8. The van der Waals surface area contributed by atoms with Crippen LogP contribution in [0.4, 0.5) is 0 Å². The molecule has 0 aromatic heterocycles. The Bertz CT molecular complexity index is 909. The smallest absolute Gasteiger partial charge is 0.261 e. The van der Waals surface area contributed by atoms with Crippen molar-refractivity contribution in [2.24, 2.45) is 0 Å². The van der Waals surface area contributed by atoms with Crippen molar-refractivity contribution < 1.29 is 19.1 Å². The molecule has 1 fully saturated rings. The second-order valence-electron chi connectivity index (χ2n) is 8.80. The van der Waals surface area contributed by atoms with Gasteiger partial charge in [-0.3, -0.25) is 9.59 Å². The average molecular weight is 425 g/mol. The first-order chi connectivity index (χ1) is 14.8. The zero-order chi connectivity index (χ0) is 22.6. The molecular weight excluding hydrogens is 392 g/mol. The third-order valence-electron chi connectivity index (χ3n) is 5.71. The van der Waals surface area contributed by atoms with Gasteiger partial charge in [-0.1, -0.05) is 39.0 Å². The van der Waals surface area contributed by atoms with Gasteiger partial charge in [0.25, 0.3) is 11.8 Å². The van der Waals surface area contributed by atoms with Gasteiger partial charge in [-0.15, -0.1) is 0 Å². The number of nitrogens with zero attached hydrogens (tertiary/aromatic N) is 2. The fourth-order valence-electron chi connectivity index (χ4n) is 3.84. The molecule has 6 heteroatoms. The van der Waals surface area contributed by atoms with Crippen molar-refractivity contribution >= 4 is 11.8 Å². The Hall–Kier alpha value is -3.02. The maximum absolute atomic E-state index is 13.3. The minimum atomic E-state index is -0.141. The van der Waals surface area contributed by atoms with E-state index in [0.29, 0.717) is 48.8 Å². The highest BCUT2D eigenvalue weighted by molar-refractivity contribution is 6.00. The molecule has 1 saturated heterocycles. The second-order valence-corrected chi connectivity index (χ2v) is 8.80. The largest absolute Gasteiger partial charge is 0.496 e. The van der Waals surface area contributed by atoms with Gasteiger partial charge >= 0.3 is 0 Å². The molecule has 0 aliphatic carbocycles. The predicted molar refractivity (Wildman–Crippen MR) is 121 cm³/mol. The lowest BCUT2D eigenvalue weighted by Gasteiger charge is -2.24. The number of benzene rings is 2. The van der Waals surface area contributed by atoms with Crippen molar-refractivity contribution in [3.8, 4) is 11.5 Å². The molecule has 0 atom stereocenters. The predicted octanol–water partition coefficient (Wildman–Crippen LogP) is 3.99. The Morgan fingerprint density at radius 2 is 1.29 bits per heavy atom. The van der Waals surface area contributed by atoms with Gasteiger partial charge in [0.2, 0.25) is 0 Å². The molecule has 31 heavy (non-hydrogen) atoms. The summed E-state index contributed by atoms with van der Waals surface area (Å²) in [7, 11) is 3.08. The van der Waals surface area contributed by atoms with Crippen molar-refractivity contribution in [3.63, 3.8) is 0 Å². The van der Waals surface area contributed by atoms with E-state index < -0.39 is 0 Å². The molecule has 0 radical (unpaired) electrons. The molecule has 1 aliphatic rings. The van der Waals surface area contributed by atoms with Gasteiger partial charge in [-0.25, -0.2) is 0 Å². The summed E-state index contributed by atoms with van der Waals surface area (Å²) in [4.78, 5) is 29.9. The fourth-order valence-corrected chi connectivity index (χ4v) is 3.84. The molecule has 0 N–H and O–H groups in total. The van der Waals surface area contributed by atoms with Crippen LogP contribution in [0.5, 0.6) is 11.5 Å². The highest BCUT2D eigenvalue weighted by atomic mass is 16.5. The van der Waals surface area contributed by atoms with Gasteiger partial charge in [0, 0.05) is 31.7 Å². The Morgan fingerprint density at radius 1 is 0.774 bits per heavy atom. The molecule has 1 heterocycles. The topological polar surface area (TPSA) is 59.1 Å². The maximum atomic E-state index is 13.3. The van der Waals surface area contributed by atoms with Gasteiger partial charge < -0.3 is 19.3 Å². The van der Waals surface area contributed by atoms with E-state index in [1.807, 2.05) is 29.2 Å². The van der Waals surface area contributed by atoms with Gasteiger partial charge in [-0.05, 0) is 41.7 Å². The Balaban J connectivity index is 1.72. The fraction of sp³-hybridized carbons (Fsp3) is 0.440. The molecule has 0 unspecified atom stereocenters. The third-order valence-corrected chi connectivity index (χ3v) is 5.71. The highest BCUT2D eigenvalue weighted by Crippen LogP contribution is 2.30. The molecule has 166 valence electrons. The Morgan fingerprint density at radius 3 is 1.77 bits per heavy atom. The zero-order valence-electron chi connectivity index (χ0n) is 19.1. The lowest BCUT2D eigenvalue weighted by atomic mass is 9.86. The second kappa shape index (κ2) is 9.41. The first-order valence-corrected chi connectivity index (χ1v) is 10.7. The van der Waals surface area contributed by atoms with E-state index in [-0.39, 0.29) is 17.2 Å². The van der Waals surface area contributed by atoms with E-state index in [4.69, 9.17) is 9.47 Å². The van der Waals surface area contributed by atoms with Crippen LogP contribution in [0, 0.1) is 0 Å². The summed E-state index contributed by atoms with van der Waals surface area (Å²) in [6, 6.07) is 13.1. The van der Waals surface area contributed by atoms with Crippen molar-refractivity contribution in [2.45, 2.75) is 32.6 Å². The van der Waals surface area contributed by atoms with Crippen LogP contribution < -0.4 is 9.47 Å². The third kappa shape index (κ3) is 5.01. The first kappa shape index (κ1) is 22.7. The first-order valence-electron chi connectivity index (χ1n) is 10.7. The van der Waals surface area contributed by atoms with Gasteiger partial charge in [0.1, 0.15) is 17.1 Å². The number of rotatable bonds is 4. The SMILES string of the molecule is COc1cccc(OC)c1C(=O)N1CCCN(C(=O)c2ccc(C(C)(C)C)cc2)CC1. The molecule has 1 aliphatic heterocycles. The van der Waals surface area contributed by atoms with Crippen molar-refractivity contribution in [3.05, 3.63) is 59.2 Å². The summed E-state index contributed by atoms with van der Waals surface area (Å²) in [5.74, 6) is 0.837. The number of amides is 2. The summed E-state index contributed by atoms with van der Waals surface area (Å²) in [6.07, 6.45) is 0.717. The molecule has 6 nitrogen and oxygen atoms in total. The number of carbonyl (C=O) groups excluding carboxylic acids is 2. The zero-order valence-corrected chi connectivity index (χ0v) is 19.1. The maximum Gasteiger partial charge on any atom is 0.261 e. The Kier molecular flexibility index (Phi) is 6.88. The molecular formula is C25H32N2O4. The van der Waals surface area contributed by atoms with Crippen molar-refractivity contribution in [1.29, 1.82) is 0 Å². The molecule has 2 amide bonds. The molecule has 0 bridgehead atoms. The van der Waals surface area contributed by atoms with Crippen molar-refractivity contribution in [1.82, 2.24) is 9.80 Å². The van der Waals surface area contributed by atoms with Gasteiger partial charge in [0.15, 0.2) is 0 Å².